The zero-order valence-electron chi connectivity index (χ0n) is 24.4. The minimum absolute atomic E-state index is 0.0383. The van der Waals surface area contributed by atoms with Crippen molar-refractivity contribution < 1.29 is 19.4 Å². The van der Waals surface area contributed by atoms with E-state index in [1.165, 1.54) is 0 Å². The highest BCUT2D eigenvalue weighted by Crippen LogP contribution is 2.40. The van der Waals surface area contributed by atoms with Gasteiger partial charge in [-0.05, 0) is 35.4 Å². The van der Waals surface area contributed by atoms with Crippen molar-refractivity contribution in [2.75, 3.05) is 51.0 Å². The normalized spacial score (nSPS) is 14.9. The Bertz CT molecular complexity index is 1360. The number of nitrogens with two attached hydrogens (primary N) is 1. The van der Waals surface area contributed by atoms with Gasteiger partial charge in [0.05, 0.1) is 19.7 Å². The molecule has 0 bridgehead atoms. The number of phenolic OH excluding ortho intramolecular Hbond substituents is 1. The number of nitrogens with zero attached hydrogens (tertiary/aromatic N) is 4. The van der Waals surface area contributed by atoms with Crippen molar-refractivity contribution in [2.24, 2.45) is 0 Å². The molecule has 1 amide bonds. The molecule has 2 heterocycles. The Morgan fingerprint density at radius 3 is 2.03 bits per heavy atom. The van der Waals surface area contributed by atoms with Gasteiger partial charge in [0.1, 0.15) is 11.6 Å². The van der Waals surface area contributed by atoms with Gasteiger partial charge in [0.2, 0.25) is 5.95 Å². The van der Waals surface area contributed by atoms with Crippen LogP contribution in [0.1, 0.15) is 69.4 Å². The van der Waals surface area contributed by atoms with Gasteiger partial charge in [-0.2, -0.15) is 4.98 Å². The Balaban J connectivity index is 1.61. The number of carbonyl (C=O) groups excluding carboxylic acids is 1. The van der Waals surface area contributed by atoms with Crippen molar-refractivity contribution in [1.82, 2.24) is 14.9 Å². The molecule has 39 heavy (non-hydrogen) atoms. The van der Waals surface area contributed by atoms with Gasteiger partial charge in [0.25, 0.3) is 5.91 Å². The highest BCUT2D eigenvalue weighted by atomic mass is 16.5. The predicted molar refractivity (Wildman–Crippen MR) is 155 cm³/mol. The number of aromatic hydroxyl groups is 1. The van der Waals surface area contributed by atoms with Gasteiger partial charge in [-0.3, -0.25) is 4.79 Å². The largest absolute Gasteiger partial charge is 0.507 e. The second-order valence-corrected chi connectivity index (χ2v) is 12.2. The van der Waals surface area contributed by atoms with E-state index < -0.39 is 0 Å². The summed E-state index contributed by atoms with van der Waals surface area (Å²) < 4.78 is 10.8. The third-order valence-corrected chi connectivity index (χ3v) is 7.26. The first kappa shape index (κ1) is 28.3. The zero-order chi connectivity index (χ0) is 28.7. The van der Waals surface area contributed by atoms with Crippen LogP contribution in [0.15, 0.2) is 24.3 Å². The first-order valence-electron chi connectivity index (χ1n) is 13.4. The van der Waals surface area contributed by atoms with Gasteiger partial charge < -0.3 is 30.1 Å². The number of phenols is 1. The van der Waals surface area contributed by atoms with Crippen molar-refractivity contribution in [3.8, 4) is 17.2 Å². The molecule has 1 aliphatic heterocycles. The molecule has 0 saturated carbocycles. The first-order valence-corrected chi connectivity index (χ1v) is 13.4. The fourth-order valence-corrected chi connectivity index (χ4v) is 5.01. The molecule has 0 unspecified atom stereocenters. The average molecular weight is 536 g/mol. The van der Waals surface area contributed by atoms with Gasteiger partial charge >= 0.3 is 0 Å². The molecule has 1 aromatic heterocycles. The lowest BCUT2D eigenvalue weighted by molar-refractivity contribution is 0.0766. The molecule has 3 N–H and O–H groups in total. The summed E-state index contributed by atoms with van der Waals surface area (Å²) in [6.07, 6.45) is 0.759. The van der Waals surface area contributed by atoms with Crippen LogP contribution >= 0.6 is 0 Å². The number of methoxy groups -OCH3 is 2. The Morgan fingerprint density at radius 1 is 0.872 bits per heavy atom. The van der Waals surface area contributed by atoms with E-state index in [9.17, 15) is 9.90 Å². The van der Waals surface area contributed by atoms with Crippen molar-refractivity contribution in [3.63, 3.8) is 0 Å². The molecular formula is C30H41N5O4. The molecule has 0 atom stereocenters. The van der Waals surface area contributed by atoms with E-state index in [1.54, 1.807) is 26.4 Å². The number of rotatable bonds is 4. The standard InChI is InChI=1S/C30H41N5O4/c1-29(2,3)20-14-18(15-21(25(20)36)30(4,5)6)27(37)34-10-9-11-35(13-12-34)28-32-22-17-24(39-8)23(38-7)16-19(22)26(31)33-28/h14-17,36H,9-13H2,1-8H3,(H2,31,32,33). The number of aromatic nitrogens is 2. The van der Waals surface area contributed by atoms with E-state index in [0.29, 0.717) is 65.9 Å². The SMILES string of the molecule is COc1cc2nc(N3CCCN(C(=O)c4cc(C(C)(C)C)c(O)c(C(C)(C)C)c4)CC3)nc(N)c2cc1OC. The highest BCUT2D eigenvalue weighted by molar-refractivity contribution is 5.95. The molecule has 0 radical (unpaired) electrons. The second-order valence-electron chi connectivity index (χ2n) is 12.2. The highest BCUT2D eigenvalue weighted by Gasteiger charge is 2.30. The Morgan fingerprint density at radius 2 is 1.46 bits per heavy atom. The molecule has 210 valence electrons. The maximum Gasteiger partial charge on any atom is 0.253 e. The van der Waals surface area contributed by atoms with Crippen LogP contribution in [0, 0.1) is 0 Å². The monoisotopic (exact) mass is 535 g/mol. The molecule has 1 fully saturated rings. The van der Waals surface area contributed by atoms with Crippen LogP contribution in [0.2, 0.25) is 0 Å². The molecular weight excluding hydrogens is 494 g/mol. The van der Waals surface area contributed by atoms with Gasteiger partial charge in [0, 0.05) is 54.3 Å². The van der Waals surface area contributed by atoms with Crippen molar-refractivity contribution >= 4 is 28.6 Å². The lowest BCUT2D eigenvalue weighted by Crippen LogP contribution is -2.36. The summed E-state index contributed by atoms with van der Waals surface area (Å²) >= 11 is 0. The molecule has 9 heteroatoms. The number of carbonyl (C=O) groups is 1. The van der Waals surface area contributed by atoms with Crippen molar-refractivity contribution in [1.29, 1.82) is 0 Å². The van der Waals surface area contributed by atoms with E-state index in [0.717, 1.165) is 17.5 Å². The van der Waals surface area contributed by atoms with Crippen LogP contribution in [-0.2, 0) is 10.8 Å². The lowest BCUT2D eigenvalue weighted by Gasteiger charge is -2.29. The van der Waals surface area contributed by atoms with Crippen molar-refractivity contribution in [3.05, 3.63) is 41.0 Å². The van der Waals surface area contributed by atoms with E-state index in [2.05, 4.69) is 9.88 Å². The number of amides is 1. The Kier molecular flexibility index (Phi) is 7.56. The van der Waals surface area contributed by atoms with Gasteiger partial charge in [0.15, 0.2) is 11.5 Å². The summed E-state index contributed by atoms with van der Waals surface area (Å²) in [4.78, 5) is 27.1. The number of ether oxygens (including phenoxy) is 2. The minimum atomic E-state index is -0.310. The molecule has 1 aliphatic rings. The average Bonchev–Trinajstić information content (AvgIpc) is 3.12. The fraction of sp³-hybridized carbons (Fsp3) is 0.500. The predicted octanol–water partition coefficient (Wildman–Crippen LogP) is 4.88. The molecule has 0 spiro atoms. The number of anilines is 2. The van der Waals surface area contributed by atoms with Crippen molar-refractivity contribution in [2.45, 2.75) is 58.8 Å². The summed E-state index contributed by atoms with van der Waals surface area (Å²) in [5, 5.41) is 11.8. The van der Waals surface area contributed by atoms with Crippen LogP contribution < -0.4 is 20.1 Å². The maximum atomic E-state index is 13.8. The Hall–Kier alpha value is -3.75. The third kappa shape index (κ3) is 5.67. The van der Waals surface area contributed by atoms with E-state index in [1.807, 2.05) is 58.6 Å². The van der Waals surface area contributed by atoms with Crippen LogP contribution in [-0.4, -0.2) is 66.3 Å². The maximum absolute atomic E-state index is 13.8. The second kappa shape index (κ2) is 10.4. The smallest absolute Gasteiger partial charge is 0.253 e. The molecule has 1 saturated heterocycles. The summed E-state index contributed by atoms with van der Waals surface area (Å²) in [5.74, 6) is 2.26. The topological polar surface area (TPSA) is 114 Å². The number of nitrogen functional groups attached to an aromatic ring is 1. The number of hydrogen-bond donors (Lipinski definition) is 2. The molecule has 0 aliphatic carbocycles. The Labute approximate surface area is 230 Å². The van der Waals surface area contributed by atoms with Crippen LogP contribution in [0.4, 0.5) is 11.8 Å². The zero-order valence-corrected chi connectivity index (χ0v) is 24.4. The quantitative estimate of drug-likeness (QED) is 0.486. The van der Waals surface area contributed by atoms with Gasteiger partial charge in [-0.15, -0.1) is 0 Å². The lowest BCUT2D eigenvalue weighted by atomic mass is 9.78. The number of hydrogen-bond acceptors (Lipinski definition) is 8. The summed E-state index contributed by atoms with van der Waals surface area (Å²) in [6, 6.07) is 7.29. The molecule has 2 aromatic carbocycles. The van der Waals surface area contributed by atoms with Gasteiger partial charge in [-0.25, -0.2) is 4.98 Å². The van der Waals surface area contributed by atoms with E-state index >= 15 is 0 Å². The van der Waals surface area contributed by atoms with Gasteiger partial charge in [-0.1, -0.05) is 41.5 Å². The number of fused-ring (bicyclic) bond motifs is 1. The molecule has 4 rings (SSSR count). The van der Waals surface area contributed by atoms with E-state index in [-0.39, 0.29) is 22.5 Å². The third-order valence-electron chi connectivity index (χ3n) is 7.26. The molecule has 3 aromatic rings. The molecule has 9 nitrogen and oxygen atoms in total. The minimum Gasteiger partial charge on any atom is -0.507 e. The van der Waals surface area contributed by atoms with Crippen LogP contribution in [0.5, 0.6) is 17.2 Å². The van der Waals surface area contributed by atoms with Crippen LogP contribution in [0.25, 0.3) is 10.9 Å². The fourth-order valence-electron chi connectivity index (χ4n) is 5.01. The van der Waals surface area contributed by atoms with E-state index in [4.69, 9.17) is 20.2 Å². The number of benzene rings is 2. The summed E-state index contributed by atoms with van der Waals surface area (Å²) in [6.45, 7) is 14.7. The first-order chi connectivity index (χ1) is 18.2. The summed E-state index contributed by atoms with van der Waals surface area (Å²) in [7, 11) is 3.16. The van der Waals surface area contributed by atoms with Crippen LogP contribution in [0.3, 0.4) is 0 Å². The summed E-state index contributed by atoms with van der Waals surface area (Å²) in [5.41, 5.74) is 8.53.